The standard InChI is InChI=1S/C18H28N2O2/c1-2-17(21)15-19-11-6-12-20(14-13-19)18(22)10-9-16-7-4-3-5-8-16/h3-5,7-8,17,21H,2,6,9-15H2,1H3. The summed E-state index contributed by atoms with van der Waals surface area (Å²) in [5.41, 5.74) is 1.22. The van der Waals surface area contributed by atoms with Crippen molar-refractivity contribution in [2.75, 3.05) is 32.7 Å². The summed E-state index contributed by atoms with van der Waals surface area (Å²) in [5.74, 6) is 0.252. The van der Waals surface area contributed by atoms with Crippen molar-refractivity contribution in [1.29, 1.82) is 0 Å². The lowest BCUT2D eigenvalue weighted by molar-refractivity contribution is -0.131. The van der Waals surface area contributed by atoms with E-state index in [9.17, 15) is 9.90 Å². The number of β-amino-alcohol motifs (C(OH)–C–C–N with tert-alkyl or cyclic N) is 1. The predicted octanol–water partition coefficient (Wildman–Crippen LogP) is 1.92. The van der Waals surface area contributed by atoms with Gasteiger partial charge in [0.25, 0.3) is 0 Å². The Morgan fingerprint density at radius 3 is 2.68 bits per heavy atom. The Labute approximate surface area is 133 Å². The molecule has 1 aliphatic rings. The normalized spacial score (nSPS) is 18.0. The summed E-state index contributed by atoms with van der Waals surface area (Å²) in [5, 5.41) is 9.77. The molecule has 1 amide bonds. The summed E-state index contributed by atoms with van der Waals surface area (Å²) in [6.45, 7) is 6.19. The summed E-state index contributed by atoms with van der Waals surface area (Å²) >= 11 is 0. The quantitative estimate of drug-likeness (QED) is 0.873. The molecule has 1 fully saturated rings. The van der Waals surface area contributed by atoms with Gasteiger partial charge in [0.1, 0.15) is 0 Å². The van der Waals surface area contributed by atoms with Crippen molar-refractivity contribution in [1.82, 2.24) is 9.80 Å². The highest BCUT2D eigenvalue weighted by atomic mass is 16.3. The van der Waals surface area contributed by atoms with E-state index < -0.39 is 0 Å². The molecule has 122 valence electrons. The Morgan fingerprint density at radius 2 is 1.95 bits per heavy atom. The zero-order valence-corrected chi connectivity index (χ0v) is 13.6. The first-order chi connectivity index (χ1) is 10.7. The van der Waals surface area contributed by atoms with Gasteiger partial charge in [-0.3, -0.25) is 9.69 Å². The van der Waals surface area contributed by atoms with Crippen LogP contribution in [0.4, 0.5) is 0 Å². The van der Waals surface area contributed by atoms with E-state index in [-0.39, 0.29) is 12.0 Å². The van der Waals surface area contributed by atoms with Gasteiger partial charge in [-0.2, -0.15) is 0 Å². The van der Waals surface area contributed by atoms with E-state index in [4.69, 9.17) is 0 Å². The summed E-state index contributed by atoms with van der Waals surface area (Å²) in [4.78, 5) is 16.6. The lowest BCUT2D eigenvalue weighted by Gasteiger charge is -2.23. The van der Waals surface area contributed by atoms with Crippen LogP contribution in [0.1, 0.15) is 31.7 Å². The molecule has 4 heteroatoms. The van der Waals surface area contributed by atoms with Crippen molar-refractivity contribution in [3.05, 3.63) is 35.9 Å². The number of aliphatic hydroxyl groups excluding tert-OH is 1. The van der Waals surface area contributed by atoms with E-state index in [1.54, 1.807) is 0 Å². The van der Waals surface area contributed by atoms with E-state index >= 15 is 0 Å². The SMILES string of the molecule is CCC(O)CN1CCCN(C(=O)CCc2ccccc2)CC1. The number of amides is 1. The van der Waals surface area contributed by atoms with Crippen LogP contribution >= 0.6 is 0 Å². The minimum atomic E-state index is -0.250. The molecule has 1 aliphatic heterocycles. The van der Waals surface area contributed by atoms with E-state index in [1.165, 1.54) is 5.56 Å². The maximum Gasteiger partial charge on any atom is 0.222 e. The first-order valence-electron chi connectivity index (χ1n) is 8.41. The molecule has 0 saturated carbocycles. The van der Waals surface area contributed by atoms with E-state index in [2.05, 4.69) is 17.0 Å². The summed E-state index contributed by atoms with van der Waals surface area (Å²) < 4.78 is 0. The van der Waals surface area contributed by atoms with Crippen molar-refractivity contribution in [2.24, 2.45) is 0 Å². The number of hydrogen-bond donors (Lipinski definition) is 1. The Kier molecular flexibility index (Phi) is 6.87. The molecule has 0 aliphatic carbocycles. The van der Waals surface area contributed by atoms with Crippen LogP contribution in [0, 0.1) is 0 Å². The molecule has 1 N–H and O–H groups in total. The number of hydrogen-bond acceptors (Lipinski definition) is 3. The van der Waals surface area contributed by atoms with Gasteiger partial charge >= 0.3 is 0 Å². The third kappa shape index (κ3) is 5.43. The van der Waals surface area contributed by atoms with E-state index in [0.717, 1.165) is 52.0 Å². The molecule has 0 aromatic heterocycles. The Morgan fingerprint density at radius 1 is 1.18 bits per heavy atom. The topological polar surface area (TPSA) is 43.8 Å². The van der Waals surface area contributed by atoms with Crippen LogP contribution in [0.15, 0.2) is 30.3 Å². The molecule has 1 aromatic rings. The second-order valence-electron chi connectivity index (χ2n) is 6.08. The van der Waals surface area contributed by atoms with Gasteiger partial charge in [-0.15, -0.1) is 0 Å². The van der Waals surface area contributed by atoms with Crippen LogP contribution < -0.4 is 0 Å². The fourth-order valence-corrected chi connectivity index (χ4v) is 2.88. The lowest BCUT2D eigenvalue weighted by Crippen LogP contribution is -2.37. The highest BCUT2D eigenvalue weighted by Gasteiger charge is 2.19. The van der Waals surface area contributed by atoms with Crippen molar-refractivity contribution >= 4 is 5.91 Å². The van der Waals surface area contributed by atoms with Crippen LogP contribution in [0.25, 0.3) is 0 Å². The molecule has 0 spiro atoms. The molecular weight excluding hydrogens is 276 g/mol. The van der Waals surface area contributed by atoms with Gasteiger partial charge in [0, 0.05) is 32.6 Å². The molecule has 1 aromatic carbocycles. The number of aliphatic hydroxyl groups is 1. The third-order valence-corrected chi connectivity index (χ3v) is 4.35. The Balaban J connectivity index is 1.76. The summed E-state index contributed by atoms with van der Waals surface area (Å²) in [7, 11) is 0. The molecule has 1 saturated heterocycles. The smallest absolute Gasteiger partial charge is 0.222 e. The van der Waals surface area contributed by atoms with Gasteiger partial charge in [0.2, 0.25) is 5.91 Å². The molecule has 1 heterocycles. The van der Waals surface area contributed by atoms with Gasteiger partial charge < -0.3 is 10.0 Å². The highest BCUT2D eigenvalue weighted by molar-refractivity contribution is 5.76. The van der Waals surface area contributed by atoms with Crippen LogP contribution in [0.3, 0.4) is 0 Å². The fourth-order valence-electron chi connectivity index (χ4n) is 2.88. The number of rotatable bonds is 6. The molecule has 0 bridgehead atoms. The van der Waals surface area contributed by atoms with Crippen LogP contribution in [-0.2, 0) is 11.2 Å². The minimum absolute atomic E-state index is 0.250. The van der Waals surface area contributed by atoms with Crippen molar-refractivity contribution in [2.45, 2.75) is 38.7 Å². The molecule has 2 rings (SSSR count). The number of benzene rings is 1. The molecule has 1 unspecified atom stereocenters. The Bertz CT molecular complexity index is 450. The molecule has 4 nitrogen and oxygen atoms in total. The third-order valence-electron chi connectivity index (χ3n) is 4.35. The van der Waals surface area contributed by atoms with Gasteiger partial charge in [0.15, 0.2) is 0 Å². The second kappa shape index (κ2) is 8.91. The first kappa shape index (κ1) is 17.0. The maximum atomic E-state index is 12.4. The monoisotopic (exact) mass is 304 g/mol. The number of nitrogens with zero attached hydrogens (tertiary/aromatic N) is 2. The average molecular weight is 304 g/mol. The van der Waals surface area contributed by atoms with Gasteiger partial charge in [-0.25, -0.2) is 0 Å². The van der Waals surface area contributed by atoms with E-state index in [0.29, 0.717) is 6.42 Å². The summed E-state index contributed by atoms with van der Waals surface area (Å²) in [6, 6.07) is 10.2. The van der Waals surface area contributed by atoms with Gasteiger partial charge in [0.05, 0.1) is 6.10 Å². The van der Waals surface area contributed by atoms with Crippen molar-refractivity contribution < 1.29 is 9.90 Å². The molecule has 0 radical (unpaired) electrons. The maximum absolute atomic E-state index is 12.4. The largest absolute Gasteiger partial charge is 0.392 e. The summed E-state index contributed by atoms with van der Waals surface area (Å²) in [6.07, 6.45) is 2.93. The predicted molar refractivity (Wildman–Crippen MR) is 88.7 cm³/mol. The number of carbonyl (C=O) groups excluding carboxylic acids is 1. The van der Waals surface area contributed by atoms with Crippen LogP contribution in [0.2, 0.25) is 0 Å². The van der Waals surface area contributed by atoms with Crippen molar-refractivity contribution in [3.8, 4) is 0 Å². The first-order valence-corrected chi connectivity index (χ1v) is 8.41. The van der Waals surface area contributed by atoms with Crippen LogP contribution in [0.5, 0.6) is 0 Å². The lowest BCUT2D eigenvalue weighted by atomic mass is 10.1. The molecule has 1 atom stereocenters. The van der Waals surface area contributed by atoms with Gasteiger partial charge in [-0.05, 0) is 31.4 Å². The fraction of sp³-hybridized carbons (Fsp3) is 0.611. The van der Waals surface area contributed by atoms with Crippen molar-refractivity contribution in [3.63, 3.8) is 0 Å². The molecule has 22 heavy (non-hydrogen) atoms. The zero-order valence-electron chi connectivity index (χ0n) is 13.6. The minimum Gasteiger partial charge on any atom is -0.392 e. The van der Waals surface area contributed by atoms with Crippen LogP contribution in [-0.4, -0.2) is 59.6 Å². The van der Waals surface area contributed by atoms with Gasteiger partial charge in [-0.1, -0.05) is 37.3 Å². The number of carbonyl (C=O) groups is 1. The number of aryl methyl sites for hydroxylation is 1. The Hall–Kier alpha value is -1.39. The van der Waals surface area contributed by atoms with E-state index in [1.807, 2.05) is 30.0 Å². The second-order valence-corrected chi connectivity index (χ2v) is 6.08. The highest BCUT2D eigenvalue weighted by Crippen LogP contribution is 2.09. The molecular formula is C18H28N2O2. The average Bonchev–Trinajstić information content (AvgIpc) is 2.79. The zero-order chi connectivity index (χ0) is 15.8.